The SMILES string of the molecule is CCOc1cc(CNn2c(-c3ccccc3)n[nH]c2=S)cc(Cl)c1OCc1ccccc1F. The number of halogens is 2. The van der Waals surface area contributed by atoms with E-state index in [-0.39, 0.29) is 12.4 Å². The van der Waals surface area contributed by atoms with Crippen molar-refractivity contribution >= 4 is 23.8 Å². The Labute approximate surface area is 200 Å². The average molecular weight is 485 g/mol. The highest BCUT2D eigenvalue weighted by Crippen LogP contribution is 2.37. The molecule has 0 aliphatic rings. The van der Waals surface area contributed by atoms with Gasteiger partial charge in [-0.15, -0.1) is 0 Å². The normalized spacial score (nSPS) is 10.8. The van der Waals surface area contributed by atoms with Crippen LogP contribution >= 0.6 is 23.8 Å². The summed E-state index contributed by atoms with van der Waals surface area (Å²) in [6.07, 6.45) is 0. The molecule has 0 unspecified atom stereocenters. The zero-order valence-corrected chi connectivity index (χ0v) is 19.4. The maximum atomic E-state index is 14.0. The predicted molar refractivity (Wildman–Crippen MR) is 129 cm³/mol. The lowest BCUT2D eigenvalue weighted by molar-refractivity contribution is 0.266. The number of benzene rings is 3. The van der Waals surface area contributed by atoms with Gasteiger partial charge in [-0.1, -0.05) is 60.1 Å². The second-order valence-corrected chi connectivity index (χ2v) is 7.90. The van der Waals surface area contributed by atoms with Gasteiger partial charge in [-0.05, 0) is 42.9 Å². The van der Waals surface area contributed by atoms with Gasteiger partial charge in [0.25, 0.3) is 0 Å². The molecule has 0 saturated carbocycles. The molecule has 0 aliphatic heterocycles. The van der Waals surface area contributed by atoms with Crippen molar-refractivity contribution < 1.29 is 13.9 Å². The van der Waals surface area contributed by atoms with E-state index in [1.165, 1.54) is 6.07 Å². The van der Waals surface area contributed by atoms with Gasteiger partial charge in [0, 0.05) is 11.1 Å². The fraction of sp³-hybridized carbons (Fsp3) is 0.167. The van der Waals surface area contributed by atoms with Crippen molar-refractivity contribution in [2.75, 3.05) is 12.0 Å². The van der Waals surface area contributed by atoms with Crippen LogP contribution in [0.5, 0.6) is 11.5 Å². The van der Waals surface area contributed by atoms with E-state index in [0.717, 1.165) is 11.1 Å². The Morgan fingerprint density at radius 2 is 1.85 bits per heavy atom. The van der Waals surface area contributed by atoms with Crippen molar-refractivity contribution in [1.82, 2.24) is 14.9 Å². The highest BCUT2D eigenvalue weighted by atomic mass is 35.5. The standard InChI is InChI=1S/C24H22ClFN4O2S/c1-2-31-21-13-16(12-19(25)22(21)32-15-18-10-6-7-11-20(18)26)14-27-30-23(28-29-24(30)33)17-8-4-3-5-9-17/h3-13,27H,2,14-15H2,1H3,(H,29,33). The smallest absolute Gasteiger partial charge is 0.214 e. The summed E-state index contributed by atoms with van der Waals surface area (Å²) in [5, 5.41) is 7.50. The molecule has 0 amide bonds. The summed E-state index contributed by atoms with van der Waals surface area (Å²) in [5.41, 5.74) is 5.48. The van der Waals surface area contributed by atoms with Crippen molar-refractivity contribution in [3.8, 4) is 22.9 Å². The zero-order chi connectivity index (χ0) is 23.2. The molecule has 33 heavy (non-hydrogen) atoms. The number of H-pyrrole nitrogens is 1. The van der Waals surface area contributed by atoms with Crippen LogP contribution in [0.2, 0.25) is 5.02 Å². The van der Waals surface area contributed by atoms with Crippen LogP contribution in [-0.4, -0.2) is 21.5 Å². The summed E-state index contributed by atoms with van der Waals surface area (Å²) in [6, 6.07) is 19.8. The van der Waals surface area contributed by atoms with E-state index in [1.54, 1.807) is 28.9 Å². The number of aromatic amines is 1. The first-order chi connectivity index (χ1) is 16.1. The van der Waals surface area contributed by atoms with Crippen LogP contribution in [0.3, 0.4) is 0 Å². The number of aromatic nitrogens is 3. The molecule has 170 valence electrons. The van der Waals surface area contributed by atoms with Gasteiger partial charge in [0.1, 0.15) is 12.4 Å². The third-order valence-electron chi connectivity index (χ3n) is 4.84. The Morgan fingerprint density at radius 1 is 1.09 bits per heavy atom. The lowest BCUT2D eigenvalue weighted by atomic mass is 10.2. The summed E-state index contributed by atoms with van der Waals surface area (Å²) in [4.78, 5) is 0. The van der Waals surface area contributed by atoms with Crippen LogP contribution in [0.1, 0.15) is 18.1 Å². The monoisotopic (exact) mass is 484 g/mol. The lowest BCUT2D eigenvalue weighted by Crippen LogP contribution is -2.16. The van der Waals surface area contributed by atoms with Crippen LogP contribution in [0.15, 0.2) is 66.7 Å². The Kier molecular flexibility index (Phi) is 7.26. The topological polar surface area (TPSA) is 64.1 Å². The van der Waals surface area contributed by atoms with E-state index >= 15 is 0 Å². The van der Waals surface area contributed by atoms with Crippen molar-refractivity contribution in [1.29, 1.82) is 0 Å². The number of ether oxygens (including phenoxy) is 2. The van der Waals surface area contributed by atoms with Crippen molar-refractivity contribution in [2.24, 2.45) is 0 Å². The first-order valence-corrected chi connectivity index (χ1v) is 11.1. The van der Waals surface area contributed by atoms with E-state index in [2.05, 4.69) is 15.6 Å². The summed E-state index contributed by atoms with van der Waals surface area (Å²) in [6.45, 7) is 2.74. The molecule has 4 aromatic rings. The molecule has 1 heterocycles. The molecule has 9 heteroatoms. The van der Waals surface area contributed by atoms with Gasteiger partial charge in [0.05, 0.1) is 18.2 Å². The molecule has 1 aromatic heterocycles. The molecule has 4 rings (SSSR count). The Hall–Kier alpha value is -3.36. The van der Waals surface area contributed by atoms with Crippen molar-refractivity contribution in [3.05, 3.63) is 93.5 Å². The highest BCUT2D eigenvalue weighted by Gasteiger charge is 2.15. The third-order valence-corrected chi connectivity index (χ3v) is 5.40. The molecule has 6 nitrogen and oxygen atoms in total. The Morgan fingerprint density at radius 3 is 2.61 bits per heavy atom. The van der Waals surface area contributed by atoms with Crippen LogP contribution in [0.4, 0.5) is 4.39 Å². The summed E-state index contributed by atoms with van der Waals surface area (Å²) in [5.74, 6) is 1.19. The lowest BCUT2D eigenvalue weighted by Gasteiger charge is -2.16. The fourth-order valence-electron chi connectivity index (χ4n) is 3.29. The van der Waals surface area contributed by atoms with Crippen LogP contribution < -0.4 is 14.9 Å². The molecular formula is C24H22ClFN4O2S. The third kappa shape index (κ3) is 5.35. The van der Waals surface area contributed by atoms with Gasteiger partial charge in [-0.2, -0.15) is 5.10 Å². The number of rotatable bonds is 9. The second-order valence-electron chi connectivity index (χ2n) is 7.11. The van der Waals surface area contributed by atoms with Gasteiger partial charge in [-0.25, -0.2) is 14.2 Å². The highest BCUT2D eigenvalue weighted by molar-refractivity contribution is 7.71. The number of nitrogens with zero attached hydrogens (tertiary/aromatic N) is 2. The minimum absolute atomic E-state index is 0.0364. The Bertz CT molecular complexity index is 1290. The first kappa shape index (κ1) is 22.8. The molecule has 0 saturated heterocycles. The second kappa shape index (κ2) is 10.5. The number of hydrogen-bond donors (Lipinski definition) is 2. The first-order valence-electron chi connectivity index (χ1n) is 10.3. The van der Waals surface area contributed by atoms with Gasteiger partial charge in [-0.3, -0.25) is 0 Å². The largest absolute Gasteiger partial charge is 0.490 e. The van der Waals surface area contributed by atoms with Crippen molar-refractivity contribution in [2.45, 2.75) is 20.1 Å². The average Bonchev–Trinajstić information content (AvgIpc) is 3.19. The van der Waals surface area contributed by atoms with Gasteiger partial charge >= 0.3 is 0 Å². The molecule has 0 aliphatic carbocycles. The fourth-order valence-corrected chi connectivity index (χ4v) is 3.77. The van der Waals surface area contributed by atoms with E-state index in [9.17, 15) is 4.39 Å². The maximum absolute atomic E-state index is 14.0. The van der Waals surface area contributed by atoms with Gasteiger partial charge in [0.2, 0.25) is 4.77 Å². The van der Waals surface area contributed by atoms with E-state index in [4.69, 9.17) is 33.3 Å². The van der Waals surface area contributed by atoms with Crippen LogP contribution in [0.25, 0.3) is 11.4 Å². The summed E-state index contributed by atoms with van der Waals surface area (Å²) < 4.78 is 27.7. The molecular weight excluding hydrogens is 463 g/mol. The minimum Gasteiger partial charge on any atom is -0.490 e. The van der Waals surface area contributed by atoms with E-state index < -0.39 is 0 Å². The van der Waals surface area contributed by atoms with Gasteiger partial charge < -0.3 is 14.9 Å². The molecule has 0 bridgehead atoms. The summed E-state index contributed by atoms with van der Waals surface area (Å²) in [7, 11) is 0. The van der Waals surface area contributed by atoms with Gasteiger partial charge in [0.15, 0.2) is 17.3 Å². The molecule has 0 spiro atoms. The predicted octanol–water partition coefficient (Wildman–Crippen LogP) is 6.12. The van der Waals surface area contributed by atoms with E-state index in [1.807, 2.05) is 43.3 Å². The molecule has 0 atom stereocenters. The number of hydrogen-bond acceptors (Lipinski definition) is 5. The molecule has 0 radical (unpaired) electrons. The van der Waals surface area contributed by atoms with E-state index in [0.29, 0.717) is 45.8 Å². The molecule has 2 N–H and O–H groups in total. The zero-order valence-electron chi connectivity index (χ0n) is 17.8. The maximum Gasteiger partial charge on any atom is 0.214 e. The molecule has 3 aromatic carbocycles. The number of nitrogens with one attached hydrogen (secondary N) is 2. The molecule has 0 fully saturated rings. The summed E-state index contributed by atoms with van der Waals surface area (Å²) >= 11 is 11.9. The Balaban J connectivity index is 1.54. The van der Waals surface area contributed by atoms with Crippen LogP contribution in [0, 0.1) is 10.6 Å². The minimum atomic E-state index is -0.335. The van der Waals surface area contributed by atoms with Crippen molar-refractivity contribution in [3.63, 3.8) is 0 Å². The van der Waals surface area contributed by atoms with Crippen LogP contribution in [-0.2, 0) is 13.2 Å². The quantitative estimate of drug-likeness (QED) is 0.280.